The minimum absolute atomic E-state index is 0.200. The number of aromatic nitrogens is 2. The van der Waals surface area contributed by atoms with Gasteiger partial charge in [-0.3, -0.25) is 9.59 Å². The Morgan fingerprint density at radius 1 is 1.35 bits per heavy atom. The first-order valence-electron chi connectivity index (χ1n) is 7.42. The van der Waals surface area contributed by atoms with E-state index in [0.29, 0.717) is 12.2 Å². The fourth-order valence-corrected chi connectivity index (χ4v) is 2.37. The summed E-state index contributed by atoms with van der Waals surface area (Å²) in [6, 6.07) is 7.39. The maximum absolute atomic E-state index is 14.0. The van der Waals surface area contributed by atoms with Crippen LogP contribution in [0.15, 0.2) is 35.1 Å². The van der Waals surface area contributed by atoms with Crippen molar-refractivity contribution < 1.29 is 9.18 Å². The van der Waals surface area contributed by atoms with Crippen LogP contribution in [0, 0.1) is 18.7 Å². The van der Waals surface area contributed by atoms with Crippen LogP contribution in [0.2, 0.25) is 0 Å². The van der Waals surface area contributed by atoms with Crippen molar-refractivity contribution in [1.82, 2.24) is 14.7 Å². The van der Waals surface area contributed by atoms with Crippen LogP contribution in [-0.4, -0.2) is 34.2 Å². The molecule has 2 aromatic rings. The highest BCUT2D eigenvalue weighted by molar-refractivity contribution is 5.91. The molecule has 1 heterocycles. The molecule has 0 bridgehead atoms. The van der Waals surface area contributed by atoms with E-state index in [-0.39, 0.29) is 17.3 Å². The Hall–Kier alpha value is -2.50. The van der Waals surface area contributed by atoms with E-state index in [2.05, 4.69) is 5.10 Å². The zero-order valence-electron chi connectivity index (χ0n) is 13.7. The quantitative estimate of drug-likeness (QED) is 0.870. The minimum atomic E-state index is -0.472. The summed E-state index contributed by atoms with van der Waals surface area (Å²) < 4.78 is 15.3. The number of halogens is 1. The van der Waals surface area contributed by atoms with Crippen LogP contribution in [-0.2, 0) is 0 Å². The third-order valence-electron chi connectivity index (χ3n) is 3.38. The van der Waals surface area contributed by atoms with Crippen LogP contribution in [0.25, 0.3) is 5.69 Å². The van der Waals surface area contributed by atoms with Gasteiger partial charge in [0, 0.05) is 25.4 Å². The predicted molar refractivity (Wildman–Crippen MR) is 86.3 cm³/mol. The lowest BCUT2D eigenvalue weighted by Crippen LogP contribution is -2.35. The van der Waals surface area contributed by atoms with Gasteiger partial charge in [0.25, 0.3) is 5.91 Å². The Bertz CT molecular complexity index is 784. The van der Waals surface area contributed by atoms with E-state index in [4.69, 9.17) is 0 Å². The van der Waals surface area contributed by atoms with Gasteiger partial charge in [-0.25, -0.2) is 9.07 Å². The molecule has 0 saturated heterocycles. The van der Waals surface area contributed by atoms with Crippen LogP contribution < -0.4 is 5.43 Å². The van der Waals surface area contributed by atoms with Gasteiger partial charge in [-0.05, 0) is 25.0 Å². The molecule has 0 aliphatic rings. The molecule has 0 radical (unpaired) electrons. The summed E-state index contributed by atoms with van der Waals surface area (Å²) in [5, 5.41) is 4.10. The molecular weight excluding hydrogens is 297 g/mol. The number of benzene rings is 1. The summed E-state index contributed by atoms with van der Waals surface area (Å²) in [6.45, 7) is 6.11. The van der Waals surface area contributed by atoms with Gasteiger partial charge in [0.05, 0.1) is 0 Å². The molecule has 0 spiro atoms. The Kier molecular flexibility index (Phi) is 4.93. The molecule has 0 saturated carbocycles. The third kappa shape index (κ3) is 3.64. The summed E-state index contributed by atoms with van der Waals surface area (Å²) in [5.74, 6) is -0.669. The number of hydrogen-bond donors (Lipinski definition) is 0. The van der Waals surface area contributed by atoms with E-state index >= 15 is 0 Å². The lowest BCUT2D eigenvalue weighted by Gasteiger charge is -2.19. The van der Waals surface area contributed by atoms with Gasteiger partial charge in [0.1, 0.15) is 11.5 Å². The zero-order chi connectivity index (χ0) is 17.1. The second-order valence-corrected chi connectivity index (χ2v) is 5.94. The fraction of sp³-hybridized carbons (Fsp3) is 0.353. The van der Waals surface area contributed by atoms with Crippen LogP contribution >= 0.6 is 0 Å². The number of aryl methyl sites for hydroxylation is 1. The van der Waals surface area contributed by atoms with Gasteiger partial charge in [-0.2, -0.15) is 5.10 Å². The molecule has 5 nitrogen and oxygen atoms in total. The Balaban J connectivity index is 2.51. The van der Waals surface area contributed by atoms with Crippen molar-refractivity contribution in [1.29, 1.82) is 0 Å². The van der Waals surface area contributed by atoms with Gasteiger partial charge < -0.3 is 4.90 Å². The number of carbonyl (C=O) groups is 1. The minimum Gasteiger partial charge on any atom is -0.340 e. The Labute approximate surface area is 134 Å². The highest BCUT2D eigenvalue weighted by Gasteiger charge is 2.20. The van der Waals surface area contributed by atoms with Gasteiger partial charge >= 0.3 is 0 Å². The van der Waals surface area contributed by atoms with E-state index in [0.717, 1.165) is 0 Å². The van der Waals surface area contributed by atoms with Crippen molar-refractivity contribution in [2.75, 3.05) is 13.6 Å². The summed E-state index contributed by atoms with van der Waals surface area (Å²) >= 11 is 0. The monoisotopic (exact) mass is 317 g/mol. The van der Waals surface area contributed by atoms with Crippen molar-refractivity contribution in [3.63, 3.8) is 0 Å². The topological polar surface area (TPSA) is 55.2 Å². The second kappa shape index (κ2) is 6.73. The van der Waals surface area contributed by atoms with Crippen molar-refractivity contribution in [2.45, 2.75) is 20.8 Å². The molecule has 122 valence electrons. The standard InChI is InChI=1S/C17H20FN3O2/c1-11(2)10-20(4)17(23)16-15(22)9-12(3)21(19-16)14-8-6-5-7-13(14)18/h5-9,11H,10H2,1-4H3. The summed E-state index contributed by atoms with van der Waals surface area (Å²) in [4.78, 5) is 26.0. The van der Waals surface area contributed by atoms with Gasteiger partial charge in [-0.15, -0.1) is 0 Å². The molecule has 0 N–H and O–H groups in total. The zero-order valence-corrected chi connectivity index (χ0v) is 13.7. The number of para-hydroxylation sites is 1. The average molecular weight is 317 g/mol. The molecule has 1 aromatic carbocycles. The first-order valence-corrected chi connectivity index (χ1v) is 7.42. The lowest BCUT2D eigenvalue weighted by atomic mass is 10.2. The number of rotatable bonds is 4. The first-order chi connectivity index (χ1) is 10.8. The third-order valence-corrected chi connectivity index (χ3v) is 3.38. The van der Waals surface area contributed by atoms with Crippen LogP contribution in [0.5, 0.6) is 0 Å². The summed E-state index contributed by atoms with van der Waals surface area (Å²) in [5.41, 5.74) is -0.00794. The molecule has 1 aromatic heterocycles. The predicted octanol–water partition coefficient (Wildman–Crippen LogP) is 2.41. The highest BCUT2D eigenvalue weighted by atomic mass is 19.1. The molecule has 2 rings (SSSR count). The van der Waals surface area contributed by atoms with Crippen molar-refractivity contribution >= 4 is 5.91 Å². The number of carbonyl (C=O) groups excluding carboxylic acids is 1. The number of hydrogen-bond acceptors (Lipinski definition) is 3. The largest absolute Gasteiger partial charge is 0.340 e. The van der Waals surface area contributed by atoms with Crippen molar-refractivity contribution in [2.24, 2.45) is 5.92 Å². The first kappa shape index (κ1) is 16.9. The molecule has 0 aliphatic carbocycles. The molecule has 6 heteroatoms. The molecule has 0 fully saturated rings. The molecule has 0 aliphatic heterocycles. The smallest absolute Gasteiger partial charge is 0.278 e. The van der Waals surface area contributed by atoms with E-state index in [1.165, 1.54) is 21.7 Å². The van der Waals surface area contributed by atoms with Crippen molar-refractivity contribution in [3.05, 3.63) is 57.8 Å². The van der Waals surface area contributed by atoms with Crippen LogP contribution in [0.1, 0.15) is 30.0 Å². The Morgan fingerprint density at radius 3 is 2.61 bits per heavy atom. The second-order valence-electron chi connectivity index (χ2n) is 5.94. The van der Waals surface area contributed by atoms with Crippen LogP contribution in [0.4, 0.5) is 4.39 Å². The number of nitrogens with zero attached hydrogens (tertiary/aromatic N) is 3. The molecule has 1 amide bonds. The normalized spacial score (nSPS) is 10.9. The molecule has 23 heavy (non-hydrogen) atoms. The fourth-order valence-electron chi connectivity index (χ4n) is 2.37. The maximum atomic E-state index is 14.0. The molecule has 0 unspecified atom stereocenters. The van der Waals surface area contributed by atoms with E-state index in [1.807, 2.05) is 13.8 Å². The van der Waals surface area contributed by atoms with Crippen LogP contribution in [0.3, 0.4) is 0 Å². The van der Waals surface area contributed by atoms with E-state index in [9.17, 15) is 14.0 Å². The molecule has 0 atom stereocenters. The van der Waals surface area contributed by atoms with Crippen molar-refractivity contribution in [3.8, 4) is 5.69 Å². The van der Waals surface area contributed by atoms with E-state index in [1.54, 1.807) is 32.2 Å². The van der Waals surface area contributed by atoms with Gasteiger partial charge in [0.2, 0.25) is 5.43 Å². The van der Waals surface area contributed by atoms with Gasteiger partial charge in [-0.1, -0.05) is 26.0 Å². The number of amides is 1. The highest BCUT2D eigenvalue weighted by Crippen LogP contribution is 2.13. The average Bonchev–Trinajstić information content (AvgIpc) is 2.47. The van der Waals surface area contributed by atoms with Gasteiger partial charge in [0.15, 0.2) is 5.69 Å². The Morgan fingerprint density at radius 2 is 2.00 bits per heavy atom. The summed E-state index contributed by atoms with van der Waals surface area (Å²) in [7, 11) is 1.62. The lowest BCUT2D eigenvalue weighted by molar-refractivity contribution is 0.0770. The summed E-state index contributed by atoms with van der Waals surface area (Å²) in [6.07, 6.45) is 0. The van der Waals surface area contributed by atoms with E-state index < -0.39 is 17.2 Å². The SMILES string of the molecule is Cc1cc(=O)c(C(=O)N(C)CC(C)C)nn1-c1ccccc1F. The molecular formula is C17H20FN3O2. The maximum Gasteiger partial charge on any atom is 0.278 e.